The molecule has 0 spiro atoms. The van der Waals surface area contributed by atoms with Crippen molar-refractivity contribution in [1.82, 2.24) is 4.33 Å². The predicted octanol–water partition coefficient (Wildman–Crippen LogP) is 2.42. The van der Waals surface area contributed by atoms with Crippen molar-refractivity contribution in [3.05, 3.63) is 69.3 Å². The van der Waals surface area contributed by atoms with Gasteiger partial charge in [0.05, 0.1) is 0 Å². The van der Waals surface area contributed by atoms with Gasteiger partial charge in [0.2, 0.25) is 0 Å². The SMILES string of the molecule is C[Se]NC(=O)c1cc([N+](=O)[O-])cc(Cc2ccccc2)c1N1CCOCC1. The minimum atomic E-state index is -0.439. The van der Waals surface area contributed by atoms with Gasteiger partial charge in [0.25, 0.3) is 0 Å². The number of nitro benzene ring substituents is 1. The molecule has 8 heteroatoms. The number of hydrogen-bond acceptors (Lipinski definition) is 5. The average molecular weight is 434 g/mol. The van der Waals surface area contributed by atoms with Crippen molar-refractivity contribution in [3.8, 4) is 0 Å². The van der Waals surface area contributed by atoms with Crippen molar-refractivity contribution in [1.29, 1.82) is 0 Å². The van der Waals surface area contributed by atoms with Crippen LogP contribution < -0.4 is 9.23 Å². The van der Waals surface area contributed by atoms with Crippen LogP contribution in [-0.2, 0) is 11.2 Å². The number of rotatable bonds is 6. The van der Waals surface area contributed by atoms with Crippen LogP contribution in [0.3, 0.4) is 0 Å². The summed E-state index contributed by atoms with van der Waals surface area (Å²) in [5.41, 5.74) is 2.89. The van der Waals surface area contributed by atoms with Gasteiger partial charge in [0, 0.05) is 0 Å². The summed E-state index contributed by atoms with van der Waals surface area (Å²) in [6.07, 6.45) is 0.521. The Morgan fingerprint density at radius 3 is 2.59 bits per heavy atom. The molecule has 2 aromatic rings. The Morgan fingerprint density at radius 1 is 1.26 bits per heavy atom. The van der Waals surface area contributed by atoms with Crippen LogP contribution in [0.15, 0.2) is 42.5 Å². The zero-order valence-corrected chi connectivity index (χ0v) is 16.7. The van der Waals surface area contributed by atoms with Crippen molar-refractivity contribution in [2.75, 3.05) is 31.2 Å². The molecule has 1 saturated heterocycles. The number of amides is 1. The van der Waals surface area contributed by atoms with E-state index in [0.29, 0.717) is 38.3 Å². The molecule has 2 aromatic carbocycles. The second kappa shape index (κ2) is 8.99. The van der Waals surface area contributed by atoms with Crippen molar-refractivity contribution >= 4 is 32.5 Å². The Labute approximate surface area is 164 Å². The number of non-ortho nitro benzene ring substituents is 1. The molecular weight excluding hydrogens is 413 g/mol. The summed E-state index contributed by atoms with van der Waals surface area (Å²) in [6, 6.07) is 12.8. The number of nitro groups is 1. The number of carbonyl (C=O) groups excluding carboxylic acids is 1. The first-order valence-electron chi connectivity index (χ1n) is 8.61. The third-order valence-electron chi connectivity index (χ3n) is 4.39. The first-order chi connectivity index (χ1) is 13.1. The fourth-order valence-corrected chi connectivity index (χ4v) is 3.83. The molecule has 0 unspecified atom stereocenters. The summed E-state index contributed by atoms with van der Waals surface area (Å²) < 4.78 is 8.28. The molecule has 0 saturated carbocycles. The Hall–Kier alpha value is -2.41. The van der Waals surface area contributed by atoms with E-state index in [2.05, 4.69) is 9.23 Å². The molecule has 3 rings (SSSR count). The number of hydrogen-bond donors (Lipinski definition) is 1. The summed E-state index contributed by atoms with van der Waals surface area (Å²) in [6.45, 7) is 2.44. The third kappa shape index (κ3) is 4.66. The zero-order valence-electron chi connectivity index (χ0n) is 15.0. The predicted molar refractivity (Wildman–Crippen MR) is 104 cm³/mol. The molecule has 0 bridgehead atoms. The number of morpholine rings is 1. The molecule has 142 valence electrons. The molecule has 0 aromatic heterocycles. The van der Waals surface area contributed by atoms with E-state index in [1.807, 2.05) is 36.2 Å². The Balaban J connectivity index is 2.14. The topological polar surface area (TPSA) is 84.7 Å². The number of nitrogens with zero attached hydrogens (tertiary/aromatic N) is 2. The maximum atomic E-state index is 12.7. The summed E-state index contributed by atoms with van der Waals surface area (Å²) >= 11 is -0.0798. The van der Waals surface area contributed by atoms with E-state index >= 15 is 0 Å². The van der Waals surface area contributed by atoms with Gasteiger partial charge in [-0.25, -0.2) is 0 Å². The number of benzene rings is 2. The molecule has 7 nitrogen and oxygen atoms in total. The number of carbonyl (C=O) groups is 1. The average Bonchev–Trinajstić information content (AvgIpc) is 2.69. The van der Waals surface area contributed by atoms with Gasteiger partial charge in [-0.2, -0.15) is 0 Å². The van der Waals surface area contributed by atoms with Gasteiger partial charge in [-0.15, -0.1) is 0 Å². The molecule has 0 radical (unpaired) electrons. The number of ether oxygens (including phenoxy) is 1. The minimum absolute atomic E-state index is 0.0632. The molecule has 0 aliphatic carbocycles. The van der Waals surface area contributed by atoms with E-state index in [1.54, 1.807) is 6.07 Å². The van der Waals surface area contributed by atoms with Crippen LogP contribution in [-0.4, -0.2) is 52.3 Å². The van der Waals surface area contributed by atoms with E-state index in [1.165, 1.54) is 6.07 Å². The van der Waals surface area contributed by atoms with Crippen LogP contribution >= 0.6 is 0 Å². The van der Waals surface area contributed by atoms with Crippen molar-refractivity contribution in [2.45, 2.75) is 12.2 Å². The van der Waals surface area contributed by atoms with E-state index in [9.17, 15) is 14.9 Å². The fraction of sp³-hybridized carbons (Fsp3) is 0.316. The van der Waals surface area contributed by atoms with Crippen LogP contribution in [0.4, 0.5) is 11.4 Å². The first-order valence-corrected chi connectivity index (χ1v) is 11.2. The zero-order chi connectivity index (χ0) is 19.2. The molecule has 1 aliphatic rings. The van der Waals surface area contributed by atoms with Crippen molar-refractivity contribution in [2.24, 2.45) is 0 Å². The molecule has 1 fully saturated rings. The van der Waals surface area contributed by atoms with Crippen molar-refractivity contribution < 1.29 is 14.5 Å². The third-order valence-corrected chi connectivity index (χ3v) is 5.21. The van der Waals surface area contributed by atoms with Gasteiger partial charge in [-0.3, -0.25) is 0 Å². The van der Waals surface area contributed by atoms with Gasteiger partial charge in [0.15, 0.2) is 0 Å². The summed E-state index contributed by atoms with van der Waals surface area (Å²) in [4.78, 5) is 25.8. The fourth-order valence-electron chi connectivity index (χ4n) is 3.21. The van der Waals surface area contributed by atoms with Crippen LogP contribution in [0.1, 0.15) is 21.5 Å². The molecule has 1 amide bonds. The van der Waals surface area contributed by atoms with Crippen molar-refractivity contribution in [3.63, 3.8) is 0 Å². The Kier molecular flexibility index (Phi) is 6.44. The number of nitrogens with one attached hydrogen (secondary N) is 1. The summed E-state index contributed by atoms with van der Waals surface area (Å²) in [7, 11) is 0. The van der Waals surface area contributed by atoms with E-state index < -0.39 is 4.92 Å². The first kappa shape index (κ1) is 19.4. The van der Waals surface area contributed by atoms with Crippen LogP contribution in [0, 0.1) is 10.1 Å². The Morgan fingerprint density at radius 2 is 1.96 bits per heavy atom. The van der Waals surface area contributed by atoms with Crippen LogP contribution in [0.5, 0.6) is 0 Å². The second-order valence-electron chi connectivity index (χ2n) is 6.16. The molecule has 1 N–H and O–H groups in total. The molecule has 27 heavy (non-hydrogen) atoms. The van der Waals surface area contributed by atoms with Crippen LogP contribution in [0.2, 0.25) is 5.82 Å². The summed E-state index contributed by atoms with van der Waals surface area (Å²) in [5.74, 6) is 1.62. The van der Waals surface area contributed by atoms with E-state index in [0.717, 1.165) is 16.8 Å². The molecule has 1 aliphatic heterocycles. The van der Waals surface area contributed by atoms with Gasteiger partial charge in [0.1, 0.15) is 0 Å². The second-order valence-corrected chi connectivity index (χ2v) is 7.44. The van der Waals surface area contributed by atoms with Gasteiger partial charge in [-0.05, 0) is 0 Å². The van der Waals surface area contributed by atoms with Crippen LogP contribution in [0.25, 0.3) is 0 Å². The quantitative estimate of drug-likeness (QED) is 0.429. The van der Waals surface area contributed by atoms with Gasteiger partial charge >= 0.3 is 164 Å². The maximum absolute atomic E-state index is 12.7. The van der Waals surface area contributed by atoms with Gasteiger partial charge < -0.3 is 0 Å². The molecular formula is C19H21N3O4Se. The standard InChI is InChI=1S/C19H21N3O4Se/c1-27-20-19(23)17-13-16(22(24)25)12-15(11-14-5-3-2-4-6-14)18(17)21-7-9-26-10-8-21/h2-6,12-13H,7-11H2,1H3,(H,20,23). The monoisotopic (exact) mass is 435 g/mol. The van der Waals surface area contributed by atoms with E-state index in [4.69, 9.17) is 4.74 Å². The Bertz CT molecular complexity index is 823. The normalized spacial score (nSPS) is 14.0. The summed E-state index contributed by atoms with van der Waals surface area (Å²) in [5, 5.41) is 11.5. The van der Waals surface area contributed by atoms with Gasteiger partial charge in [-0.1, -0.05) is 0 Å². The molecule has 1 heterocycles. The number of anilines is 1. The van der Waals surface area contributed by atoms with E-state index in [-0.39, 0.29) is 26.8 Å². The molecule has 0 atom stereocenters.